The maximum absolute atomic E-state index is 10.9. The van der Waals surface area contributed by atoms with E-state index in [-0.39, 0.29) is 18.7 Å². The monoisotopic (exact) mass is 251 g/mol. The second-order valence-electron chi connectivity index (χ2n) is 5.40. The van der Waals surface area contributed by atoms with Crippen molar-refractivity contribution in [3.05, 3.63) is 35.4 Å². The van der Waals surface area contributed by atoms with Gasteiger partial charge in [0.1, 0.15) is 0 Å². The van der Waals surface area contributed by atoms with Crippen LogP contribution in [0.3, 0.4) is 0 Å². The summed E-state index contributed by atoms with van der Waals surface area (Å²) in [6.45, 7) is 6.62. The van der Waals surface area contributed by atoms with Crippen LogP contribution in [0.1, 0.15) is 31.9 Å². The Morgan fingerprint density at radius 2 is 1.67 bits per heavy atom. The lowest BCUT2D eigenvalue weighted by molar-refractivity contribution is -0.139. The van der Waals surface area contributed by atoms with Crippen molar-refractivity contribution in [2.45, 2.75) is 39.5 Å². The molecule has 0 saturated heterocycles. The third-order valence-corrected chi connectivity index (χ3v) is 2.85. The van der Waals surface area contributed by atoms with Gasteiger partial charge in [-0.05, 0) is 31.9 Å². The number of aliphatic carboxylic acids is 1. The summed E-state index contributed by atoms with van der Waals surface area (Å²) in [5.41, 5.74) is 1.70. The van der Waals surface area contributed by atoms with Crippen molar-refractivity contribution in [3.63, 3.8) is 0 Å². The fourth-order valence-electron chi connectivity index (χ4n) is 1.66. The minimum absolute atomic E-state index is 0.0191. The zero-order valence-corrected chi connectivity index (χ0v) is 11.2. The van der Waals surface area contributed by atoms with Crippen LogP contribution in [0.15, 0.2) is 24.3 Å². The molecular formula is C14H21NO3. The number of carboxylic acids is 1. The molecule has 1 rings (SSSR count). The van der Waals surface area contributed by atoms with Crippen LogP contribution in [0.25, 0.3) is 0 Å². The van der Waals surface area contributed by atoms with E-state index in [9.17, 15) is 4.79 Å². The summed E-state index contributed by atoms with van der Waals surface area (Å²) in [5, 5.41) is 17.9. The Balaban J connectivity index is 2.79. The number of carboxylic acid groups (broad SMARTS) is 1. The molecule has 0 aliphatic rings. The normalized spacial score (nSPS) is 11.8. The first-order valence-electron chi connectivity index (χ1n) is 5.98. The van der Waals surface area contributed by atoms with Crippen LogP contribution in [0, 0.1) is 0 Å². The SMILES string of the molecule is CC(C)(C)N(CC(=O)O)Cc1ccc(CO)cc1. The highest BCUT2D eigenvalue weighted by Crippen LogP contribution is 2.17. The minimum Gasteiger partial charge on any atom is -0.480 e. The molecule has 4 heteroatoms. The van der Waals surface area contributed by atoms with Gasteiger partial charge >= 0.3 is 5.97 Å². The highest BCUT2D eigenvalue weighted by Gasteiger charge is 2.23. The lowest BCUT2D eigenvalue weighted by atomic mass is 10.0. The average Bonchev–Trinajstić information content (AvgIpc) is 2.27. The fourth-order valence-corrected chi connectivity index (χ4v) is 1.66. The number of nitrogens with zero attached hydrogens (tertiary/aromatic N) is 1. The maximum Gasteiger partial charge on any atom is 0.317 e. The van der Waals surface area contributed by atoms with Gasteiger partial charge < -0.3 is 10.2 Å². The van der Waals surface area contributed by atoms with Crippen molar-refractivity contribution >= 4 is 5.97 Å². The summed E-state index contributed by atoms with van der Waals surface area (Å²) in [6, 6.07) is 7.56. The second kappa shape index (κ2) is 5.98. The first kappa shape index (κ1) is 14.7. The maximum atomic E-state index is 10.9. The molecule has 0 bridgehead atoms. The van der Waals surface area contributed by atoms with Crippen LogP contribution in [0.4, 0.5) is 0 Å². The number of benzene rings is 1. The van der Waals surface area contributed by atoms with Gasteiger partial charge in [-0.25, -0.2) is 0 Å². The summed E-state index contributed by atoms with van der Waals surface area (Å²) in [6.07, 6.45) is 0. The standard InChI is InChI=1S/C14H21NO3/c1-14(2,3)15(9-13(17)18)8-11-4-6-12(10-16)7-5-11/h4-7,16H,8-10H2,1-3H3,(H,17,18). The first-order chi connectivity index (χ1) is 8.32. The lowest BCUT2D eigenvalue weighted by Crippen LogP contribution is -2.43. The van der Waals surface area contributed by atoms with E-state index in [1.807, 2.05) is 49.9 Å². The molecule has 0 heterocycles. The van der Waals surface area contributed by atoms with E-state index >= 15 is 0 Å². The topological polar surface area (TPSA) is 60.8 Å². The van der Waals surface area contributed by atoms with E-state index in [2.05, 4.69) is 0 Å². The molecule has 0 spiro atoms. The zero-order valence-electron chi connectivity index (χ0n) is 11.2. The van der Waals surface area contributed by atoms with Gasteiger partial charge in [0.2, 0.25) is 0 Å². The number of hydrogen-bond acceptors (Lipinski definition) is 3. The molecule has 0 fully saturated rings. The van der Waals surface area contributed by atoms with Crippen molar-refractivity contribution < 1.29 is 15.0 Å². The van der Waals surface area contributed by atoms with Gasteiger partial charge in [-0.3, -0.25) is 9.69 Å². The molecule has 0 atom stereocenters. The molecule has 1 aromatic carbocycles. The summed E-state index contributed by atoms with van der Waals surface area (Å²) in [5.74, 6) is -0.822. The van der Waals surface area contributed by atoms with Crippen molar-refractivity contribution in [2.75, 3.05) is 6.54 Å². The number of carbonyl (C=O) groups is 1. The van der Waals surface area contributed by atoms with E-state index < -0.39 is 5.97 Å². The van der Waals surface area contributed by atoms with E-state index in [0.29, 0.717) is 6.54 Å². The molecule has 0 radical (unpaired) electrons. The van der Waals surface area contributed by atoms with Crippen LogP contribution in [-0.2, 0) is 17.9 Å². The van der Waals surface area contributed by atoms with Gasteiger partial charge in [0.15, 0.2) is 0 Å². The molecule has 0 aliphatic carbocycles. The molecule has 100 valence electrons. The van der Waals surface area contributed by atoms with Crippen LogP contribution in [-0.4, -0.2) is 33.2 Å². The zero-order chi connectivity index (χ0) is 13.8. The first-order valence-corrected chi connectivity index (χ1v) is 5.98. The minimum atomic E-state index is -0.822. The van der Waals surface area contributed by atoms with Crippen LogP contribution in [0.2, 0.25) is 0 Å². The molecule has 0 aliphatic heterocycles. The Morgan fingerprint density at radius 1 is 1.17 bits per heavy atom. The Bertz CT molecular complexity index is 392. The summed E-state index contributed by atoms with van der Waals surface area (Å²) in [4.78, 5) is 12.8. The Morgan fingerprint density at radius 3 is 2.06 bits per heavy atom. The molecule has 4 nitrogen and oxygen atoms in total. The number of aliphatic hydroxyl groups is 1. The average molecular weight is 251 g/mol. The molecule has 0 aromatic heterocycles. The van der Waals surface area contributed by atoms with Crippen LogP contribution in [0.5, 0.6) is 0 Å². The van der Waals surface area contributed by atoms with Crippen molar-refractivity contribution in [1.82, 2.24) is 4.90 Å². The number of rotatable bonds is 5. The van der Waals surface area contributed by atoms with Gasteiger partial charge in [-0.15, -0.1) is 0 Å². The molecule has 0 unspecified atom stereocenters. The van der Waals surface area contributed by atoms with Gasteiger partial charge in [0, 0.05) is 12.1 Å². The predicted octanol–water partition coefficient (Wildman–Crippen LogP) is 1.86. The van der Waals surface area contributed by atoms with Gasteiger partial charge in [0.05, 0.1) is 13.2 Å². The predicted molar refractivity (Wildman–Crippen MR) is 70.2 cm³/mol. The molecular weight excluding hydrogens is 230 g/mol. The Labute approximate surface area is 108 Å². The molecule has 1 aromatic rings. The van der Waals surface area contributed by atoms with E-state index in [0.717, 1.165) is 11.1 Å². The largest absolute Gasteiger partial charge is 0.480 e. The highest BCUT2D eigenvalue weighted by molar-refractivity contribution is 5.69. The van der Waals surface area contributed by atoms with Crippen molar-refractivity contribution in [3.8, 4) is 0 Å². The smallest absolute Gasteiger partial charge is 0.317 e. The van der Waals surface area contributed by atoms with Crippen molar-refractivity contribution in [1.29, 1.82) is 0 Å². The molecule has 0 saturated carbocycles. The Hall–Kier alpha value is -1.39. The van der Waals surface area contributed by atoms with E-state index in [4.69, 9.17) is 10.2 Å². The van der Waals surface area contributed by atoms with E-state index in [1.54, 1.807) is 0 Å². The molecule has 0 amide bonds. The Kier molecular flexibility index (Phi) is 4.87. The number of hydrogen-bond donors (Lipinski definition) is 2. The number of aliphatic hydroxyl groups excluding tert-OH is 1. The van der Waals surface area contributed by atoms with Gasteiger partial charge in [-0.2, -0.15) is 0 Å². The highest BCUT2D eigenvalue weighted by atomic mass is 16.4. The third-order valence-electron chi connectivity index (χ3n) is 2.85. The summed E-state index contributed by atoms with van der Waals surface area (Å²) in [7, 11) is 0. The second-order valence-corrected chi connectivity index (χ2v) is 5.40. The molecule has 18 heavy (non-hydrogen) atoms. The molecule has 2 N–H and O–H groups in total. The summed E-state index contributed by atoms with van der Waals surface area (Å²) < 4.78 is 0. The lowest BCUT2D eigenvalue weighted by Gasteiger charge is -2.34. The van der Waals surface area contributed by atoms with Crippen LogP contribution < -0.4 is 0 Å². The van der Waals surface area contributed by atoms with Crippen molar-refractivity contribution in [2.24, 2.45) is 0 Å². The van der Waals surface area contributed by atoms with Gasteiger partial charge in [0.25, 0.3) is 0 Å². The van der Waals surface area contributed by atoms with E-state index in [1.165, 1.54) is 0 Å². The fraction of sp³-hybridized carbons (Fsp3) is 0.500. The summed E-state index contributed by atoms with van der Waals surface area (Å²) >= 11 is 0. The quantitative estimate of drug-likeness (QED) is 0.838. The third kappa shape index (κ3) is 4.47. The van der Waals surface area contributed by atoms with Gasteiger partial charge in [-0.1, -0.05) is 24.3 Å². The van der Waals surface area contributed by atoms with Crippen LogP contribution >= 0.6 is 0 Å².